The van der Waals surface area contributed by atoms with Crippen LogP contribution in [0.5, 0.6) is 0 Å². The van der Waals surface area contributed by atoms with E-state index in [1.807, 2.05) is 0 Å². The fourth-order valence-corrected chi connectivity index (χ4v) is 0.450. The van der Waals surface area contributed by atoms with Crippen LogP contribution in [0.25, 0.3) is 0 Å². The molecule has 0 heterocycles. The maximum atomic E-state index is 10.3. The van der Waals surface area contributed by atoms with Crippen molar-refractivity contribution in [2.24, 2.45) is 0 Å². The Hall–Kier alpha value is 0.336. The number of hydrogen-bond acceptors (Lipinski definition) is 3. The molecule has 14 heavy (non-hydrogen) atoms. The molecule has 6 nitrogen and oxygen atoms in total. The molecule has 0 aliphatic heterocycles. The molecule has 2 amide bonds. The van der Waals surface area contributed by atoms with Crippen LogP contribution in [0, 0.1) is 0 Å². The number of imide groups is 1. The first-order valence-electron chi connectivity index (χ1n) is 3.61. The monoisotopic (exact) mass is 231 g/mol. The van der Waals surface area contributed by atoms with Gasteiger partial charge in [0.2, 0.25) is 0 Å². The Morgan fingerprint density at radius 2 is 1.57 bits per heavy atom. The van der Waals surface area contributed by atoms with Crippen LogP contribution >= 0.6 is 0 Å². The summed E-state index contributed by atoms with van der Waals surface area (Å²) in [5.41, 5.74) is -0.566. The standard InChI is InChI=1S/C7H13NO5.K.H/c1-7(2,3)13-4-8(5(9)10)6(11)12;;/h4H2,1-3H3,(H,9,10)(H,11,12);;. The summed E-state index contributed by atoms with van der Waals surface area (Å²) in [5.74, 6) is 0. The normalized spacial score (nSPS) is 10.2. The summed E-state index contributed by atoms with van der Waals surface area (Å²) in [4.78, 5) is 20.8. The van der Waals surface area contributed by atoms with Gasteiger partial charge >= 0.3 is 63.6 Å². The van der Waals surface area contributed by atoms with E-state index >= 15 is 0 Å². The first kappa shape index (κ1) is 16.8. The summed E-state index contributed by atoms with van der Waals surface area (Å²) >= 11 is 0. The number of nitrogens with zero attached hydrogens (tertiary/aromatic N) is 1. The van der Waals surface area contributed by atoms with E-state index in [0.717, 1.165) is 0 Å². The molecule has 0 aliphatic carbocycles. The van der Waals surface area contributed by atoms with Gasteiger partial charge in [0.15, 0.2) is 0 Å². The van der Waals surface area contributed by atoms with Gasteiger partial charge in [-0.3, -0.25) is 0 Å². The van der Waals surface area contributed by atoms with Gasteiger partial charge in [0.1, 0.15) is 6.73 Å². The van der Waals surface area contributed by atoms with Gasteiger partial charge in [0, 0.05) is 0 Å². The van der Waals surface area contributed by atoms with E-state index in [9.17, 15) is 9.59 Å². The van der Waals surface area contributed by atoms with Gasteiger partial charge in [-0.25, -0.2) is 9.59 Å². The predicted molar refractivity (Wildman–Crippen MR) is 50.7 cm³/mol. The van der Waals surface area contributed by atoms with Crippen LogP contribution in [0.4, 0.5) is 9.59 Å². The molecule has 0 spiro atoms. The minimum atomic E-state index is -1.54. The van der Waals surface area contributed by atoms with Crippen molar-refractivity contribution in [3.05, 3.63) is 0 Å². The zero-order valence-corrected chi connectivity index (χ0v) is 7.77. The molecule has 0 saturated heterocycles. The summed E-state index contributed by atoms with van der Waals surface area (Å²) in [7, 11) is 0. The van der Waals surface area contributed by atoms with E-state index in [-0.39, 0.29) is 56.3 Å². The van der Waals surface area contributed by atoms with Crippen molar-refractivity contribution < 1.29 is 24.5 Å². The van der Waals surface area contributed by atoms with E-state index in [4.69, 9.17) is 14.9 Å². The van der Waals surface area contributed by atoms with E-state index in [1.165, 1.54) is 0 Å². The summed E-state index contributed by atoms with van der Waals surface area (Å²) < 4.78 is 4.98. The Bertz CT molecular complexity index is 199. The number of amides is 2. The fourth-order valence-electron chi connectivity index (χ4n) is 0.450. The Kier molecular flexibility index (Phi) is 8.08. The molecule has 0 atom stereocenters. The van der Waals surface area contributed by atoms with E-state index in [1.54, 1.807) is 20.8 Å². The van der Waals surface area contributed by atoms with Crippen LogP contribution in [-0.4, -0.2) is 91.0 Å². The van der Waals surface area contributed by atoms with Crippen LogP contribution in [0.3, 0.4) is 0 Å². The third-order valence-corrected chi connectivity index (χ3v) is 1.09. The van der Waals surface area contributed by atoms with Crippen LogP contribution < -0.4 is 0 Å². The Morgan fingerprint density at radius 1 is 1.21 bits per heavy atom. The van der Waals surface area contributed by atoms with Crippen molar-refractivity contribution in [1.29, 1.82) is 0 Å². The molecule has 2 N–H and O–H groups in total. The Morgan fingerprint density at radius 3 is 1.79 bits per heavy atom. The van der Waals surface area contributed by atoms with Crippen molar-refractivity contribution >= 4 is 63.6 Å². The molecule has 0 aliphatic rings. The van der Waals surface area contributed by atoms with Crippen LogP contribution in [0.15, 0.2) is 0 Å². The van der Waals surface area contributed by atoms with Gasteiger partial charge in [-0.05, 0) is 20.8 Å². The topological polar surface area (TPSA) is 87.1 Å². The molecule has 78 valence electrons. The van der Waals surface area contributed by atoms with Crippen molar-refractivity contribution in [2.45, 2.75) is 26.4 Å². The Labute approximate surface area is 125 Å². The van der Waals surface area contributed by atoms with E-state index in [2.05, 4.69) is 0 Å². The van der Waals surface area contributed by atoms with Crippen molar-refractivity contribution in [1.82, 2.24) is 4.90 Å². The molecule has 0 aromatic carbocycles. The quantitative estimate of drug-likeness (QED) is 0.541. The van der Waals surface area contributed by atoms with Gasteiger partial charge in [-0.15, -0.1) is 0 Å². The summed E-state index contributed by atoms with van der Waals surface area (Å²) in [6, 6.07) is 0. The molecule has 0 rings (SSSR count). The molecular weight excluding hydrogens is 217 g/mol. The molecule has 0 radical (unpaired) electrons. The minimum absolute atomic E-state index is 0. The number of carbonyl (C=O) groups is 2. The molecule has 0 aromatic rings. The number of ether oxygens (including phenoxy) is 1. The van der Waals surface area contributed by atoms with Crippen molar-refractivity contribution in [2.75, 3.05) is 6.73 Å². The molecular formula is C7H14KNO5. The van der Waals surface area contributed by atoms with Crippen molar-refractivity contribution in [3.63, 3.8) is 0 Å². The number of carboxylic acid groups (broad SMARTS) is 2. The summed E-state index contributed by atoms with van der Waals surface area (Å²) in [6.07, 6.45) is -3.09. The van der Waals surface area contributed by atoms with Gasteiger partial charge in [-0.1, -0.05) is 0 Å². The van der Waals surface area contributed by atoms with Crippen LogP contribution in [-0.2, 0) is 4.74 Å². The molecule has 0 aromatic heterocycles. The molecule has 0 fully saturated rings. The molecule has 0 unspecified atom stereocenters. The second kappa shape index (κ2) is 6.75. The number of hydrogen-bond donors (Lipinski definition) is 2. The van der Waals surface area contributed by atoms with Gasteiger partial charge in [-0.2, -0.15) is 4.90 Å². The van der Waals surface area contributed by atoms with Crippen LogP contribution in [0.2, 0.25) is 0 Å². The third-order valence-electron chi connectivity index (χ3n) is 1.09. The zero-order chi connectivity index (χ0) is 10.6. The average molecular weight is 231 g/mol. The first-order valence-corrected chi connectivity index (χ1v) is 3.61. The van der Waals surface area contributed by atoms with Crippen molar-refractivity contribution in [3.8, 4) is 0 Å². The Balaban J connectivity index is 0. The van der Waals surface area contributed by atoms with Gasteiger partial charge < -0.3 is 14.9 Å². The second-order valence-electron chi connectivity index (χ2n) is 3.38. The first-order chi connectivity index (χ1) is 5.74. The fraction of sp³-hybridized carbons (Fsp3) is 0.714. The zero-order valence-electron chi connectivity index (χ0n) is 7.77. The van der Waals surface area contributed by atoms with E-state index in [0.29, 0.717) is 0 Å². The maximum absolute atomic E-state index is 10.3. The molecule has 0 bridgehead atoms. The third kappa shape index (κ3) is 7.71. The molecule has 0 saturated carbocycles. The van der Waals surface area contributed by atoms with E-state index < -0.39 is 24.5 Å². The SMILES string of the molecule is CC(C)(C)OCN(C(=O)O)C(=O)O.[KH]. The molecule has 7 heteroatoms. The summed E-state index contributed by atoms with van der Waals surface area (Å²) in [6.45, 7) is 4.63. The summed E-state index contributed by atoms with van der Waals surface area (Å²) in [5, 5.41) is 16.8. The van der Waals surface area contributed by atoms with Gasteiger partial charge in [0.05, 0.1) is 5.60 Å². The average Bonchev–Trinajstić information content (AvgIpc) is 1.82. The predicted octanol–water partition coefficient (Wildman–Crippen LogP) is 0.768. The van der Waals surface area contributed by atoms with Gasteiger partial charge in [0.25, 0.3) is 0 Å². The second-order valence-corrected chi connectivity index (χ2v) is 3.38. The number of rotatable bonds is 2. The van der Waals surface area contributed by atoms with Crippen LogP contribution in [0.1, 0.15) is 20.8 Å².